The number of cyclic esters (lactones) is 1. The maximum Gasteiger partial charge on any atom is 0.334 e. The van der Waals surface area contributed by atoms with E-state index in [1.54, 1.807) is 6.08 Å². The summed E-state index contributed by atoms with van der Waals surface area (Å²) in [6.07, 6.45) is 5.46. The SMILES string of the molecule is CCCCC(CC)C(=O)OCC1(CO)C/C(=C/c2ccccc2)C(=O)O1. The Labute approximate surface area is 155 Å². The van der Waals surface area contributed by atoms with Gasteiger partial charge in [0, 0.05) is 12.0 Å². The molecule has 5 heteroatoms. The van der Waals surface area contributed by atoms with Crippen molar-refractivity contribution in [3.8, 4) is 0 Å². The number of carbonyl (C=O) groups is 2. The van der Waals surface area contributed by atoms with Crippen LogP contribution < -0.4 is 0 Å². The van der Waals surface area contributed by atoms with E-state index < -0.39 is 11.6 Å². The maximum absolute atomic E-state index is 12.3. The number of esters is 2. The molecule has 0 aliphatic carbocycles. The summed E-state index contributed by atoms with van der Waals surface area (Å²) in [6.45, 7) is 3.53. The van der Waals surface area contributed by atoms with E-state index in [0.717, 1.165) is 24.8 Å². The number of benzene rings is 1. The summed E-state index contributed by atoms with van der Waals surface area (Å²) in [5.74, 6) is -0.913. The topological polar surface area (TPSA) is 72.8 Å². The van der Waals surface area contributed by atoms with Gasteiger partial charge in [-0.3, -0.25) is 4.79 Å². The largest absolute Gasteiger partial charge is 0.461 e. The lowest BCUT2D eigenvalue weighted by atomic mass is 9.97. The lowest BCUT2D eigenvalue weighted by Crippen LogP contribution is -2.40. The lowest BCUT2D eigenvalue weighted by Gasteiger charge is -2.25. The fourth-order valence-corrected chi connectivity index (χ4v) is 3.05. The van der Waals surface area contributed by atoms with Gasteiger partial charge in [-0.2, -0.15) is 0 Å². The number of unbranched alkanes of at least 4 members (excludes halogenated alkanes) is 1. The van der Waals surface area contributed by atoms with Crippen LogP contribution in [-0.4, -0.2) is 35.9 Å². The summed E-state index contributed by atoms with van der Waals surface area (Å²) < 4.78 is 10.8. The molecule has 2 unspecified atom stereocenters. The van der Waals surface area contributed by atoms with Gasteiger partial charge >= 0.3 is 11.9 Å². The van der Waals surface area contributed by atoms with Crippen molar-refractivity contribution in [3.63, 3.8) is 0 Å². The van der Waals surface area contributed by atoms with Crippen molar-refractivity contribution in [2.24, 2.45) is 5.92 Å². The highest BCUT2D eigenvalue weighted by molar-refractivity contribution is 5.96. The summed E-state index contributed by atoms with van der Waals surface area (Å²) in [5, 5.41) is 9.77. The Hall–Kier alpha value is -2.14. The Balaban J connectivity index is 2.02. The number of aliphatic hydroxyl groups is 1. The fraction of sp³-hybridized carbons (Fsp3) is 0.524. The molecule has 1 aliphatic heterocycles. The van der Waals surface area contributed by atoms with E-state index >= 15 is 0 Å². The van der Waals surface area contributed by atoms with Crippen molar-refractivity contribution in [2.45, 2.75) is 51.6 Å². The normalized spacial score (nSPS) is 22.3. The maximum atomic E-state index is 12.3. The van der Waals surface area contributed by atoms with Crippen molar-refractivity contribution < 1.29 is 24.2 Å². The second-order valence-corrected chi connectivity index (χ2v) is 6.84. The molecule has 0 spiro atoms. The Kier molecular flexibility index (Phi) is 7.39. The van der Waals surface area contributed by atoms with E-state index in [4.69, 9.17) is 9.47 Å². The van der Waals surface area contributed by atoms with Gasteiger partial charge in [-0.25, -0.2) is 4.79 Å². The third kappa shape index (κ3) is 5.18. The first-order valence-electron chi connectivity index (χ1n) is 9.30. The number of carbonyl (C=O) groups excluding carboxylic acids is 2. The highest BCUT2D eigenvalue weighted by atomic mass is 16.6. The first kappa shape index (κ1) is 20.2. The summed E-state index contributed by atoms with van der Waals surface area (Å²) in [6, 6.07) is 9.44. The molecule has 1 aliphatic rings. The molecule has 0 radical (unpaired) electrons. The molecule has 142 valence electrons. The van der Waals surface area contributed by atoms with Crippen LogP contribution in [0.25, 0.3) is 6.08 Å². The highest BCUT2D eigenvalue weighted by Crippen LogP contribution is 2.32. The van der Waals surface area contributed by atoms with Gasteiger partial charge in [0.25, 0.3) is 0 Å². The van der Waals surface area contributed by atoms with Gasteiger partial charge in [0.05, 0.1) is 12.5 Å². The smallest absolute Gasteiger partial charge is 0.334 e. The van der Waals surface area contributed by atoms with Crippen LogP contribution in [0.3, 0.4) is 0 Å². The minimum atomic E-state index is -1.18. The van der Waals surface area contributed by atoms with E-state index in [9.17, 15) is 14.7 Å². The molecule has 0 saturated carbocycles. The van der Waals surface area contributed by atoms with Crippen molar-refractivity contribution in [3.05, 3.63) is 41.5 Å². The molecule has 26 heavy (non-hydrogen) atoms. The third-order valence-corrected chi connectivity index (χ3v) is 4.72. The van der Waals surface area contributed by atoms with Gasteiger partial charge < -0.3 is 14.6 Å². The van der Waals surface area contributed by atoms with Crippen LogP contribution in [0.1, 0.15) is 51.5 Å². The van der Waals surface area contributed by atoms with Crippen LogP contribution in [0, 0.1) is 5.92 Å². The molecule has 0 bridgehead atoms. The minimum Gasteiger partial charge on any atom is -0.461 e. The highest BCUT2D eigenvalue weighted by Gasteiger charge is 2.44. The molecule has 2 atom stereocenters. The number of aliphatic hydroxyl groups excluding tert-OH is 1. The predicted molar refractivity (Wildman–Crippen MR) is 99.2 cm³/mol. The molecular formula is C21H28O5. The standard InChI is InChI=1S/C21H28O5/c1-3-5-11-17(4-2)19(23)25-15-21(14-22)13-18(20(24)26-21)12-16-9-7-6-8-10-16/h6-10,12,17,22H,3-5,11,13-15H2,1-2H3/b18-12-. The van der Waals surface area contributed by atoms with Gasteiger partial charge in [0.2, 0.25) is 0 Å². The van der Waals surface area contributed by atoms with Crippen LogP contribution in [0.4, 0.5) is 0 Å². The van der Waals surface area contributed by atoms with Crippen molar-refractivity contribution >= 4 is 18.0 Å². The Bertz CT molecular complexity index is 637. The predicted octanol–water partition coefficient (Wildman–Crippen LogP) is 3.51. The molecule has 2 rings (SSSR count). The van der Waals surface area contributed by atoms with Crippen LogP contribution in [0.15, 0.2) is 35.9 Å². The van der Waals surface area contributed by atoms with Crippen LogP contribution in [-0.2, 0) is 19.1 Å². The van der Waals surface area contributed by atoms with Crippen molar-refractivity contribution in [1.82, 2.24) is 0 Å². The number of hydrogen-bond donors (Lipinski definition) is 1. The molecular weight excluding hydrogens is 332 g/mol. The molecule has 1 N–H and O–H groups in total. The Morgan fingerprint density at radius 1 is 1.35 bits per heavy atom. The van der Waals surface area contributed by atoms with Gasteiger partial charge in [-0.1, -0.05) is 57.0 Å². The summed E-state index contributed by atoms with van der Waals surface area (Å²) >= 11 is 0. The molecule has 1 aromatic rings. The van der Waals surface area contributed by atoms with E-state index in [-0.39, 0.29) is 31.5 Å². The minimum absolute atomic E-state index is 0.122. The average Bonchev–Trinajstić information content (AvgIpc) is 2.97. The number of rotatable bonds is 9. The zero-order valence-electron chi connectivity index (χ0n) is 15.6. The zero-order chi connectivity index (χ0) is 19.0. The molecule has 0 amide bonds. The van der Waals surface area contributed by atoms with E-state index in [1.165, 1.54) is 0 Å². The first-order chi connectivity index (χ1) is 12.5. The zero-order valence-corrected chi connectivity index (χ0v) is 15.6. The molecule has 0 aromatic heterocycles. The first-order valence-corrected chi connectivity index (χ1v) is 9.30. The monoisotopic (exact) mass is 360 g/mol. The van der Waals surface area contributed by atoms with Crippen LogP contribution in [0.5, 0.6) is 0 Å². The average molecular weight is 360 g/mol. The van der Waals surface area contributed by atoms with Crippen LogP contribution in [0.2, 0.25) is 0 Å². The van der Waals surface area contributed by atoms with Gasteiger partial charge in [0.15, 0.2) is 5.60 Å². The van der Waals surface area contributed by atoms with Gasteiger partial charge in [-0.05, 0) is 24.5 Å². The van der Waals surface area contributed by atoms with E-state index in [0.29, 0.717) is 12.0 Å². The quantitative estimate of drug-likeness (QED) is 0.539. The molecule has 1 heterocycles. The van der Waals surface area contributed by atoms with Crippen LogP contribution >= 0.6 is 0 Å². The fourth-order valence-electron chi connectivity index (χ4n) is 3.05. The summed E-state index contributed by atoms with van der Waals surface area (Å²) in [7, 11) is 0. The summed E-state index contributed by atoms with van der Waals surface area (Å²) in [4.78, 5) is 24.5. The third-order valence-electron chi connectivity index (χ3n) is 4.72. The number of hydrogen-bond acceptors (Lipinski definition) is 5. The van der Waals surface area contributed by atoms with Gasteiger partial charge in [0.1, 0.15) is 6.61 Å². The molecule has 1 saturated heterocycles. The molecule has 5 nitrogen and oxygen atoms in total. The lowest BCUT2D eigenvalue weighted by molar-refractivity contribution is -0.169. The van der Waals surface area contributed by atoms with E-state index in [1.807, 2.05) is 37.3 Å². The Morgan fingerprint density at radius 2 is 2.08 bits per heavy atom. The summed E-state index contributed by atoms with van der Waals surface area (Å²) in [5.41, 5.74) is 0.172. The molecule has 1 aromatic carbocycles. The van der Waals surface area contributed by atoms with Crippen molar-refractivity contribution in [2.75, 3.05) is 13.2 Å². The molecule has 1 fully saturated rings. The second kappa shape index (κ2) is 9.53. The second-order valence-electron chi connectivity index (χ2n) is 6.84. The van der Waals surface area contributed by atoms with Crippen molar-refractivity contribution in [1.29, 1.82) is 0 Å². The van der Waals surface area contributed by atoms with Gasteiger partial charge in [-0.15, -0.1) is 0 Å². The number of ether oxygens (including phenoxy) is 2. The van der Waals surface area contributed by atoms with E-state index in [2.05, 4.69) is 6.92 Å². The Morgan fingerprint density at radius 3 is 2.69 bits per heavy atom.